The van der Waals surface area contributed by atoms with Crippen LogP contribution in [0.15, 0.2) is 41.9 Å². The third-order valence-corrected chi connectivity index (χ3v) is 2.46. The average molecular weight is 248 g/mol. The maximum atomic E-state index is 11.7. The summed E-state index contributed by atoms with van der Waals surface area (Å²) >= 11 is 0. The largest absolute Gasteiger partial charge is 0.491 e. The van der Waals surface area contributed by atoms with Crippen molar-refractivity contribution in [2.45, 2.75) is 6.42 Å². The molecule has 1 aromatic rings. The first-order chi connectivity index (χ1) is 9.83. The van der Waals surface area contributed by atoms with Gasteiger partial charge in [0.25, 0.3) is 5.91 Å². The Labute approximate surface area is 110 Å². The van der Waals surface area contributed by atoms with Gasteiger partial charge in [0.1, 0.15) is 18.1 Å². The summed E-state index contributed by atoms with van der Waals surface area (Å²) in [7, 11) is 0. The second-order valence-corrected chi connectivity index (χ2v) is 3.84. The highest BCUT2D eigenvalue weighted by Gasteiger charge is 2.09. The number of allylic oxidation sites excluding steroid dienone is 3. The molecule has 0 spiro atoms. The van der Waals surface area contributed by atoms with E-state index in [9.17, 15) is 4.79 Å². The summed E-state index contributed by atoms with van der Waals surface area (Å²) in [6.07, 6.45) is 5.46. The lowest BCUT2D eigenvalue weighted by atomic mass is 10.1. The zero-order valence-corrected chi connectivity index (χ0v) is 9.64. The standard InChI is InChI=1S/C13H15N3O2/c1-15-13(17)12-7-9(4-5-16-12)6-11-3-2-10(14)8-18-11/h2-5,7H,6,8,14H2,1H3,(H,15,17)/i1D3. The van der Waals surface area contributed by atoms with Gasteiger partial charge in [0.05, 0.1) is 0 Å². The van der Waals surface area contributed by atoms with Crippen LogP contribution < -0.4 is 11.1 Å². The van der Waals surface area contributed by atoms with Crippen molar-refractivity contribution >= 4 is 5.91 Å². The molecule has 0 radical (unpaired) electrons. The van der Waals surface area contributed by atoms with Crippen LogP contribution in [0.2, 0.25) is 0 Å². The highest BCUT2D eigenvalue weighted by Crippen LogP contribution is 2.14. The van der Waals surface area contributed by atoms with Crippen molar-refractivity contribution in [3.05, 3.63) is 53.2 Å². The first-order valence-corrected chi connectivity index (χ1v) is 5.39. The molecule has 3 N–H and O–H groups in total. The third kappa shape index (κ3) is 2.88. The molecule has 1 aromatic heterocycles. The second kappa shape index (κ2) is 5.35. The van der Waals surface area contributed by atoms with Crippen LogP contribution in [0.3, 0.4) is 0 Å². The summed E-state index contributed by atoms with van der Waals surface area (Å²) in [5.74, 6) is -0.0166. The van der Waals surface area contributed by atoms with Crippen molar-refractivity contribution in [1.29, 1.82) is 0 Å². The molecule has 0 aliphatic carbocycles. The van der Waals surface area contributed by atoms with Crippen molar-refractivity contribution < 1.29 is 13.6 Å². The van der Waals surface area contributed by atoms with Gasteiger partial charge in [0.2, 0.25) is 0 Å². The molecule has 1 aliphatic heterocycles. The number of hydrogen-bond donors (Lipinski definition) is 2. The normalized spacial score (nSPS) is 17.4. The van der Waals surface area contributed by atoms with E-state index in [1.54, 1.807) is 18.2 Å². The molecule has 2 heterocycles. The van der Waals surface area contributed by atoms with E-state index in [2.05, 4.69) is 4.98 Å². The summed E-state index contributed by atoms with van der Waals surface area (Å²) < 4.78 is 26.5. The fourth-order valence-electron chi connectivity index (χ4n) is 1.56. The number of amides is 1. The molecule has 1 amide bonds. The van der Waals surface area contributed by atoms with Crippen LogP contribution in [0.1, 0.15) is 20.2 Å². The molecule has 1 aliphatic rings. The van der Waals surface area contributed by atoms with Gasteiger partial charge < -0.3 is 15.8 Å². The van der Waals surface area contributed by atoms with Crippen LogP contribution in [0.25, 0.3) is 0 Å². The van der Waals surface area contributed by atoms with Crippen LogP contribution in [-0.4, -0.2) is 24.5 Å². The fourth-order valence-corrected chi connectivity index (χ4v) is 1.56. The SMILES string of the molecule is [2H]C([2H])([2H])NC(=O)c1cc(CC2=CC=C(N)CO2)ccn1. The van der Waals surface area contributed by atoms with Crippen LogP contribution in [0, 0.1) is 0 Å². The highest BCUT2D eigenvalue weighted by atomic mass is 16.5. The van der Waals surface area contributed by atoms with Gasteiger partial charge in [-0.25, -0.2) is 0 Å². The van der Waals surface area contributed by atoms with E-state index in [-0.39, 0.29) is 5.69 Å². The van der Waals surface area contributed by atoms with Gasteiger partial charge >= 0.3 is 0 Å². The van der Waals surface area contributed by atoms with E-state index in [1.807, 2.05) is 5.32 Å². The monoisotopic (exact) mass is 248 g/mol. The zero-order chi connectivity index (χ0) is 15.5. The van der Waals surface area contributed by atoms with E-state index in [4.69, 9.17) is 14.6 Å². The molecule has 2 rings (SSSR count). The molecule has 94 valence electrons. The molecule has 0 aromatic carbocycles. The van der Waals surface area contributed by atoms with Gasteiger partial charge in [-0.05, 0) is 29.8 Å². The lowest BCUT2D eigenvalue weighted by Crippen LogP contribution is -2.19. The maximum absolute atomic E-state index is 11.7. The number of ether oxygens (including phenoxy) is 1. The van der Waals surface area contributed by atoms with Crippen LogP contribution in [-0.2, 0) is 11.2 Å². The number of nitrogens with two attached hydrogens (primary N) is 1. The minimum absolute atomic E-state index is 0.0510. The quantitative estimate of drug-likeness (QED) is 0.827. The Kier molecular flexibility index (Phi) is 2.60. The molecule has 18 heavy (non-hydrogen) atoms. The lowest BCUT2D eigenvalue weighted by Gasteiger charge is -2.14. The number of carbonyl (C=O) groups is 1. The molecular formula is C13H15N3O2. The van der Waals surface area contributed by atoms with Gasteiger partial charge in [-0.2, -0.15) is 0 Å². The Hall–Kier alpha value is -2.30. The third-order valence-electron chi connectivity index (χ3n) is 2.46. The minimum atomic E-state index is -2.54. The number of aromatic nitrogens is 1. The summed E-state index contributed by atoms with van der Waals surface area (Å²) in [4.78, 5) is 15.6. The van der Waals surface area contributed by atoms with Crippen LogP contribution >= 0.6 is 0 Å². The molecule has 0 bridgehead atoms. The molecule has 5 heteroatoms. The minimum Gasteiger partial charge on any atom is -0.491 e. The number of hydrogen-bond acceptors (Lipinski definition) is 4. The van der Waals surface area contributed by atoms with E-state index in [0.717, 1.165) is 11.3 Å². The van der Waals surface area contributed by atoms with Crippen molar-refractivity contribution in [2.24, 2.45) is 5.73 Å². The van der Waals surface area contributed by atoms with E-state index >= 15 is 0 Å². The first kappa shape index (κ1) is 8.74. The van der Waals surface area contributed by atoms with Gasteiger partial charge in [0, 0.05) is 29.4 Å². The topological polar surface area (TPSA) is 77.2 Å². The molecule has 5 nitrogen and oxygen atoms in total. The van der Waals surface area contributed by atoms with Crippen molar-refractivity contribution in [3.63, 3.8) is 0 Å². The second-order valence-electron chi connectivity index (χ2n) is 3.84. The fraction of sp³-hybridized carbons (Fsp3) is 0.231. The number of rotatable bonds is 3. The smallest absolute Gasteiger partial charge is 0.269 e. The van der Waals surface area contributed by atoms with Gasteiger partial charge in [0.15, 0.2) is 0 Å². The molecule has 0 fully saturated rings. The summed E-state index contributed by atoms with van der Waals surface area (Å²) in [5.41, 5.74) is 7.08. The first-order valence-electron chi connectivity index (χ1n) is 6.89. The molecular weight excluding hydrogens is 230 g/mol. The van der Waals surface area contributed by atoms with Crippen LogP contribution in [0.5, 0.6) is 0 Å². The number of pyridine rings is 1. The van der Waals surface area contributed by atoms with Gasteiger partial charge in [-0.15, -0.1) is 0 Å². The Bertz CT molecular complexity index is 609. The Balaban J connectivity index is 2.09. The predicted octanol–water partition coefficient (Wildman–Crippen LogP) is 0.740. The molecule has 0 saturated carbocycles. The maximum Gasteiger partial charge on any atom is 0.269 e. The molecule has 0 atom stereocenters. The number of nitrogens with zero attached hydrogens (tertiary/aromatic N) is 1. The van der Waals surface area contributed by atoms with Crippen molar-refractivity contribution in [2.75, 3.05) is 13.6 Å². The number of nitrogens with one attached hydrogen (secondary N) is 1. The Morgan fingerprint density at radius 1 is 1.67 bits per heavy atom. The average Bonchev–Trinajstić information content (AvgIpc) is 2.40. The highest BCUT2D eigenvalue weighted by molar-refractivity contribution is 5.92. The van der Waals surface area contributed by atoms with Crippen molar-refractivity contribution in [3.8, 4) is 0 Å². The van der Waals surface area contributed by atoms with Gasteiger partial charge in [-0.3, -0.25) is 9.78 Å². The molecule has 0 unspecified atom stereocenters. The molecule has 0 saturated heterocycles. The van der Waals surface area contributed by atoms with Gasteiger partial charge in [-0.1, -0.05) is 0 Å². The van der Waals surface area contributed by atoms with Crippen LogP contribution in [0.4, 0.5) is 0 Å². The lowest BCUT2D eigenvalue weighted by molar-refractivity contribution is 0.0958. The number of carbonyl (C=O) groups excluding carboxylic acids is 1. The van der Waals surface area contributed by atoms with Crippen molar-refractivity contribution in [1.82, 2.24) is 10.3 Å². The van der Waals surface area contributed by atoms with E-state index in [1.165, 1.54) is 12.3 Å². The predicted molar refractivity (Wildman–Crippen MR) is 67.6 cm³/mol. The Morgan fingerprint density at radius 2 is 2.56 bits per heavy atom. The summed E-state index contributed by atoms with van der Waals surface area (Å²) in [6.45, 7) is -2.20. The zero-order valence-electron chi connectivity index (χ0n) is 12.6. The Morgan fingerprint density at radius 3 is 3.28 bits per heavy atom. The van der Waals surface area contributed by atoms with E-state index < -0.39 is 12.9 Å². The summed E-state index contributed by atoms with van der Waals surface area (Å²) in [6, 6.07) is 3.27. The summed E-state index contributed by atoms with van der Waals surface area (Å²) in [5, 5.41) is 1.90. The van der Waals surface area contributed by atoms with E-state index in [0.29, 0.717) is 18.7 Å².